The van der Waals surface area contributed by atoms with Crippen molar-refractivity contribution in [2.45, 2.75) is 125 Å². The number of rotatable bonds is 6. The zero-order chi connectivity index (χ0) is 21.7. The molecule has 0 saturated heterocycles. The SMILES string of the molecule is CC[C@H](CC[C@@H](C)[C@H]1CC[C@H]2[C@@H]3CCC4C[C@@H](O)CC[C@]4(C)[C@H]3CC[C@]12C)C(C)C. The molecule has 10 atom stereocenters. The summed E-state index contributed by atoms with van der Waals surface area (Å²) in [6.07, 6.45) is 16.5. The standard InChI is InChI=1S/C29H52O/c1-7-21(19(2)3)9-8-20(4)25-12-13-26-24-11-10-22-18-23(30)14-16-28(22,5)27(24)15-17-29(25,26)6/h19-27,30H,7-18H2,1-6H3/t20-,21-,22?,23+,24+,25-,26+,27+,28+,29-/m1/s1. The van der Waals surface area contributed by atoms with E-state index in [9.17, 15) is 5.11 Å². The molecule has 4 saturated carbocycles. The van der Waals surface area contributed by atoms with Gasteiger partial charge in [-0.3, -0.25) is 0 Å². The van der Waals surface area contributed by atoms with Crippen LogP contribution in [0.5, 0.6) is 0 Å². The van der Waals surface area contributed by atoms with Gasteiger partial charge in [-0.15, -0.1) is 0 Å². The molecule has 174 valence electrons. The fourth-order valence-corrected chi connectivity index (χ4v) is 9.90. The first-order chi connectivity index (χ1) is 14.2. The van der Waals surface area contributed by atoms with Crippen LogP contribution in [0.3, 0.4) is 0 Å². The molecule has 0 heterocycles. The molecule has 0 aliphatic heterocycles. The van der Waals surface area contributed by atoms with Gasteiger partial charge in [-0.05, 0) is 122 Å². The van der Waals surface area contributed by atoms with Crippen LogP contribution in [-0.2, 0) is 0 Å². The zero-order valence-corrected chi connectivity index (χ0v) is 21.1. The minimum Gasteiger partial charge on any atom is -0.393 e. The van der Waals surface area contributed by atoms with Crippen molar-refractivity contribution in [1.82, 2.24) is 0 Å². The van der Waals surface area contributed by atoms with Gasteiger partial charge in [0.25, 0.3) is 0 Å². The molecule has 1 nitrogen and oxygen atoms in total. The first-order valence-corrected chi connectivity index (χ1v) is 13.9. The largest absolute Gasteiger partial charge is 0.393 e. The summed E-state index contributed by atoms with van der Waals surface area (Å²) < 4.78 is 0. The van der Waals surface area contributed by atoms with Crippen LogP contribution in [0.15, 0.2) is 0 Å². The van der Waals surface area contributed by atoms with Gasteiger partial charge in [-0.2, -0.15) is 0 Å². The molecule has 30 heavy (non-hydrogen) atoms. The highest BCUT2D eigenvalue weighted by Gasteiger charge is 2.60. The van der Waals surface area contributed by atoms with Crippen LogP contribution >= 0.6 is 0 Å². The lowest BCUT2D eigenvalue weighted by Gasteiger charge is -2.61. The average Bonchev–Trinajstić information content (AvgIpc) is 3.06. The molecule has 0 aromatic carbocycles. The normalized spacial score (nSPS) is 48.0. The second-order valence-electron chi connectivity index (χ2n) is 13.3. The summed E-state index contributed by atoms with van der Waals surface area (Å²) in [5.74, 6) is 7.34. The van der Waals surface area contributed by atoms with E-state index in [1.165, 1.54) is 64.2 Å². The van der Waals surface area contributed by atoms with Gasteiger partial charge in [0.2, 0.25) is 0 Å². The Morgan fingerprint density at radius 3 is 2.23 bits per heavy atom. The molecule has 0 aromatic heterocycles. The Balaban J connectivity index is 1.45. The first kappa shape index (κ1) is 23.1. The van der Waals surface area contributed by atoms with Crippen LogP contribution < -0.4 is 0 Å². The average molecular weight is 417 g/mol. The van der Waals surface area contributed by atoms with Crippen molar-refractivity contribution < 1.29 is 5.11 Å². The number of hydrogen-bond donors (Lipinski definition) is 1. The molecule has 4 aliphatic rings. The highest BCUT2D eigenvalue weighted by molar-refractivity contribution is 5.09. The highest BCUT2D eigenvalue weighted by atomic mass is 16.3. The monoisotopic (exact) mass is 416 g/mol. The molecule has 0 amide bonds. The van der Waals surface area contributed by atoms with Crippen molar-refractivity contribution in [2.75, 3.05) is 0 Å². The Kier molecular flexibility index (Phi) is 6.72. The predicted octanol–water partition coefficient (Wildman–Crippen LogP) is 8.10. The van der Waals surface area contributed by atoms with Crippen molar-refractivity contribution in [3.8, 4) is 0 Å². The van der Waals surface area contributed by atoms with Crippen LogP contribution in [0.25, 0.3) is 0 Å². The Bertz CT molecular complexity index is 583. The van der Waals surface area contributed by atoms with E-state index < -0.39 is 0 Å². The third-order valence-corrected chi connectivity index (χ3v) is 11.9. The smallest absolute Gasteiger partial charge is 0.0543 e. The summed E-state index contributed by atoms with van der Waals surface area (Å²) in [6, 6.07) is 0. The summed E-state index contributed by atoms with van der Waals surface area (Å²) in [5.41, 5.74) is 1.14. The van der Waals surface area contributed by atoms with E-state index in [1.54, 1.807) is 0 Å². The van der Waals surface area contributed by atoms with Gasteiger partial charge in [0.15, 0.2) is 0 Å². The summed E-state index contributed by atoms with van der Waals surface area (Å²) in [6.45, 7) is 15.2. The summed E-state index contributed by atoms with van der Waals surface area (Å²) >= 11 is 0. The topological polar surface area (TPSA) is 20.2 Å². The van der Waals surface area contributed by atoms with E-state index in [-0.39, 0.29) is 6.10 Å². The molecule has 1 N–H and O–H groups in total. The fraction of sp³-hybridized carbons (Fsp3) is 1.00. The number of aliphatic hydroxyl groups is 1. The van der Waals surface area contributed by atoms with Gasteiger partial charge in [-0.1, -0.05) is 54.4 Å². The van der Waals surface area contributed by atoms with E-state index in [0.29, 0.717) is 10.8 Å². The van der Waals surface area contributed by atoms with Crippen LogP contribution in [0, 0.1) is 58.2 Å². The van der Waals surface area contributed by atoms with Gasteiger partial charge < -0.3 is 5.11 Å². The molecule has 4 fully saturated rings. The molecule has 0 radical (unpaired) electrons. The Labute approximate surface area is 188 Å². The molecular weight excluding hydrogens is 364 g/mol. The van der Waals surface area contributed by atoms with Crippen molar-refractivity contribution >= 4 is 0 Å². The third kappa shape index (κ3) is 3.82. The maximum absolute atomic E-state index is 10.3. The van der Waals surface area contributed by atoms with Crippen molar-refractivity contribution in [2.24, 2.45) is 58.2 Å². The van der Waals surface area contributed by atoms with E-state index in [2.05, 4.69) is 41.5 Å². The molecule has 0 aromatic rings. The van der Waals surface area contributed by atoms with Gasteiger partial charge in [0.05, 0.1) is 6.10 Å². The molecule has 1 unspecified atom stereocenters. The molecule has 0 spiro atoms. The van der Waals surface area contributed by atoms with E-state index >= 15 is 0 Å². The van der Waals surface area contributed by atoms with Gasteiger partial charge in [0.1, 0.15) is 0 Å². The number of fused-ring (bicyclic) bond motifs is 5. The summed E-state index contributed by atoms with van der Waals surface area (Å²) in [4.78, 5) is 0. The van der Waals surface area contributed by atoms with Gasteiger partial charge in [0, 0.05) is 0 Å². The van der Waals surface area contributed by atoms with Crippen molar-refractivity contribution in [3.05, 3.63) is 0 Å². The molecule has 4 aliphatic carbocycles. The predicted molar refractivity (Wildman–Crippen MR) is 128 cm³/mol. The molecule has 1 heteroatoms. The first-order valence-electron chi connectivity index (χ1n) is 13.9. The fourth-order valence-electron chi connectivity index (χ4n) is 9.90. The zero-order valence-electron chi connectivity index (χ0n) is 21.1. The lowest BCUT2D eigenvalue weighted by molar-refractivity contribution is -0.129. The molecule has 4 rings (SSSR count). The minimum absolute atomic E-state index is 0.0111. The van der Waals surface area contributed by atoms with Crippen LogP contribution in [-0.4, -0.2) is 11.2 Å². The van der Waals surface area contributed by atoms with E-state index in [4.69, 9.17) is 0 Å². The molecule has 0 bridgehead atoms. The van der Waals surface area contributed by atoms with Crippen LogP contribution in [0.1, 0.15) is 119 Å². The minimum atomic E-state index is -0.0111. The van der Waals surface area contributed by atoms with Gasteiger partial charge >= 0.3 is 0 Å². The molecular formula is C29H52O. The van der Waals surface area contributed by atoms with Crippen LogP contribution in [0.4, 0.5) is 0 Å². The maximum atomic E-state index is 10.3. The Morgan fingerprint density at radius 1 is 0.833 bits per heavy atom. The number of hydrogen-bond acceptors (Lipinski definition) is 1. The second kappa shape index (κ2) is 8.72. The van der Waals surface area contributed by atoms with E-state index in [0.717, 1.165) is 60.2 Å². The maximum Gasteiger partial charge on any atom is 0.0543 e. The van der Waals surface area contributed by atoms with E-state index in [1.807, 2.05) is 0 Å². The van der Waals surface area contributed by atoms with Gasteiger partial charge in [-0.25, -0.2) is 0 Å². The lowest BCUT2D eigenvalue weighted by atomic mass is 9.44. The Hall–Kier alpha value is -0.0400. The third-order valence-electron chi connectivity index (χ3n) is 11.9. The van der Waals surface area contributed by atoms with Crippen LogP contribution in [0.2, 0.25) is 0 Å². The number of aliphatic hydroxyl groups excluding tert-OH is 1. The lowest BCUT2D eigenvalue weighted by Crippen LogP contribution is -2.54. The Morgan fingerprint density at radius 2 is 1.53 bits per heavy atom. The van der Waals surface area contributed by atoms with Crippen molar-refractivity contribution in [1.29, 1.82) is 0 Å². The quantitative estimate of drug-likeness (QED) is 0.463. The summed E-state index contributed by atoms with van der Waals surface area (Å²) in [5, 5.41) is 10.3. The highest BCUT2D eigenvalue weighted by Crippen LogP contribution is 2.68. The second-order valence-corrected chi connectivity index (χ2v) is 13.3. The van der Waals surface area contributed by atoms with Crippen molar-refractivity contribution in [3.63, 3.8) is 0 Å². The summed E-state index contributed by atoms with van der Waals surface area (Å²) in [7, 11) is 0.